The number of nitrogens with zero attached hydrogens (tertiary/aromatic N) is 1. The lowest BCUT2D eigenvalue weighted by Gasteiger charge is -2.64. The van der Waals surface area contributed by atoms with Crippen LogP contribution in [0.4, 0.5) is 0 Å². The molecule has 70 heavy (non-hydrogen) atoms. The third-order valence-corrected chi connectivity index (χ3v) is 16.2. The molecule has 5 amide bonds. The number of allylic oxidation sites excluding steroid dienone is 2. The minimum absolute atomic E-state index is 0.116. The molecule has 2 aromatic rings. The Balaban J connectivity index is 1.05. The number of benzene rings is 2. The van der Waals surface area contributed by atoms with Gasteiger partial charge in [-0.3, -0.25) is 24.0 Å². The van der Waals surface area contributed by atoms with E-state index in [4.69, 9.17) is 25.5 Å². The number of aryl methyl sites for hydroxylation is 1. The second-order valence-electron chi connectivity index (χ2n) is 21.2. The lowest BCUT2D eigenvalue weighted by Crippen LogP contribution is -2.65. The zero-order valence-electron chi connectivity index (χ0n) is 42.5. The summed E-state index contributed by atoms with van der Waals surface area (Å²) in [5.41, 5.74) is 16.8. The van der Waals surface area contributed by atoms with Crippen molar-refractivity contribution in [2.45, 2.75) is 166 Å². The van der Waals surface area contributed by atoms with Crippen molar-refractivity contribution in [1.82, 2.24) is 26.2 Å². The molecule has 5 fully saturated rings. The molecule has 8 N–H and O–H groups in total. The Hall–Kier alpha value is -5.03. The second kappa shape index (κ2) is 23.0. The van der Waals surface area contributed by atoms with E-state index in [0.717, 1.165) is 61.6 Å². The highest BCUT2D eigenvalue weighted by atomic mass is 16.7. The molecule has 4 aliphatic carbocycles. The number of carbonyl (C=O) groups is 5. The molecule has 3 saturated carbocycles. The van der Waals surface area contributed by atoms with Gasteiger partial charge in [0, 0.05) is 18.5 Å². The SMILES string of the molecule is CCCCc1ccc(-c2ccc(C(=O)NC(CCCCN)C(=O)N(C)C3C(=O)NC(C)C(=O)NC(C(=O)NC(N)B4OC5CC6CC(C6(C)C)C5(C)O4)CCCCCC4=C(OC)C=CC3C4)cc2)cc1. The summed E-state index contributed by atoms with van der Waals surface area (Å²) < 4.78 is 18.7. The van der Waals surface area contributed by atoms with Crippen LogP contribution in [0.3, 0.4) is 0 Å². The molecule has 16 heteroatoms. The van der Waals surface area contributed by atoms with Crippen molar-refractivity contribution in [1.29, 1.82) is 0 Å². The lowest BCUT2D eigenvalue weighted by atomic mass is 9.43. The highest BCUT2D eigenvalue weighted by molar-refractivity contribution is 6.47. The number of methoxy groups -OCH3 is 1. The largest absolute Gasteiger partial charge is 0.497 e. The molecule has 6 aliphatic rings. The Kier molecular flexibility index (Phi) is 17.4. The molecule has 0 spiro atoms. The van der Waals surface area contributed by atoms with Gasteiger partial charge in [-0.2, -0.15) is 0 Å². The molecule has 10 atom stereocenters. The molecule has 2 saturated heterocycles. The average molecular weight is 964 g/mol. The standard InChI is InChI=1S/C54H78BN7O8/c1-8-9-15-34-19-21-35(22-20-34)36-23-25-37(26-24-36)48(64)60-42(18-13-14-29-56)51(67)62(6)46-39-27-28-43(68-7)38(30-39)16-11-10-12-17-41(59-47(63)33(2)58-50(46)66)49(65)61-52(57)55-69-45-32-40-31-44(53(40,3)4)54(45,5)70-55/h19-28,33,39-42,44-46,52H,8-18,29-32,56-57H2,1-7H3,(H,58,66)(H,59,63)(H,60,64)(H,61,65). The van der Waals surface area contributed by atoms with Gasteiger partial charge in [0.25, 0.3) is 5.91 Å². The number of hydrogen-bond acceptors (Lipinski definition) is 10. The van der Waals surface area contributed by atoms with Gasteiger partial charge >= 0.3 is 7.12 Å². The Morgan fingerprint density at radius 1 is 0.943 bits per heavy atom. The van der Waals surface area contributed by atoms with Gasteiger partial charge in [0.1, 0.15) is 36.0 Å². The number of nitrogens with one attached hydrogen (secondary N) is 4. The lowest BCUT2D eigenvalue weighted by molar-refractivity contribution is -0.199. The number of ether oxygens (including phenoxy) is 1. The first-order valence-electron chi connectivity index (χ1n) is 25.9. The summed E-state index contributed by atoms with van der Waals surface area (Å²) in [6.45, 7) is 10.8. The Bertz CT molecular complexity index is 2250. The Morgan fingerprint density at radius 3 is 2.33 bits per heavy atom. The van der Waals surface area contributed by atoms with E-state index in [2.05, 4.69) is 73.2 Å². The minimum Gasteiger partial charge on any atom is -0.497 e. The van der Waals surface area contributed by atoms with Crippen LogP contribution < -0.4 is 32.7 Å². The van der Waals surface area contributed by atoms with Crippen molar-refractivity contribution in [3.05, 3.63) is 83.1 Å². The van der Waals surface area contributed by atoms with E-state index in [-0.39, 0.29) is 11.5 Å². The summed E-state index contributed by atoms with van der Waals surface area (Å²) in [6, 6.07) is 10.7. The monoisotopic (exact) mass is 964 g/mol. The van der Waals surface area contributed by atoms with Crippen LogP contribution >= 0.6 is 0 Å². The van der Waals surface area contributed by atoms with E-state index in [1.54, 1.807) is 33.2 Å². The fraction of sp³-hybridized carbons (Fsp3) is 0.611. The van der Waals surface area contributed by atoms with Crippen molar-refractivity contribution in [2.24, 2.45) is 34.6 Å². The summed E-state index contributed by atoms with van der Waals surface area (Å²) in [5.74, 6) is -1.37. The number of fused-ring (bicyclic) bond motifs is 2. The molecular formula is C54H78BN7O8. The predicted octanol–water partition coefficient (Wildman–Crippen LogP) is 5.85. The molecular weight excluding hydrogens is 885 g/mol. The average Bonchev–Trinajstić information content (AvgIpc) is 3.72. The topological polar surface area (TPSA) is 216 Å². The molecule has 2 aromatic carbocycles. The van der Waals surface area contributed by atoms with E-state index >= 15 is 0 Å². The van der Waals surface area contributed by atoms with Crippen LogP contribution in [0, 0.1) is 23.2 Å². The zero-order valence-corrected chi connectivity index (χ0v) is 42.5. The Labute approximate surface area is 415 Å². The predicted molar refractivity (Wildman–Crippen MR) is 271 cm³/mol. The Morgan fingerprint density at radius 2 is 1.66 bits per heavy atom. The maximum Gasteiger partial charge on any atom is 0.497 e. The summed E-state index contributed by atoms with van der Waals surface area (Å²) in [5, 5.41) is 11.6. The van der Waals surface area contributed by atoms with Gasteiger partial charge in [-0.25, -0.2) is 0 Å². The molecule has 2 aliphatic heterocycles. The van der Waals surface area contributed by atoms with E-state index in [9.17, 15) is 24.0 Å². The van der Waals surface area contributed by atoms with Gasteiger partial charge in [-0.05, 0) is 149 Å². The van der Waals surface area contributed by atoms with Gasteiger partial charge in [0.15, 0.2) is 0 Å². The highest BCUT2D eigenvalue weighted by Gasteiger charge is 2.68. The fourth-order valence-corrected chi connectivity index (χ4v) is 11.7. The number of unbranched alkanes of at least 4 members (excludes halogenated alkanes) is 2. The van der Waals surface area contributed by atoms with Gasteiger partial charge in [0.2, 0.25) is 23.6 Å². The van der Waals surface area contributed by atoms with Crippen LogP contribution in [-0.4, -0.2) is 104 Å². The molecule has 0 aromatic heterocycles. The van der Waals surface area contributed by atoms with Gasteiger partial charge < -0.3 is 51.7 Å². The summed E-state index contributed by atoms with van der Waals surface area (Å²) in [4.78, 5) is 72.7. The first kappa shape index (κ1) is 52.8. The molecule has 380 valence electrons. The van der Waals surface area contributed by atoms with E-state index < -0.39 is 78.4 Å². The number of nitrogens with two attached hydrogens (primary N) is 2. The van der Waals surface area contributed by atoms with E-state index in [1.165, 1.54) is 10.5 Å². The number of carbonyl (C=O) groups excluding carboxylic acids is 5. The third kappa shape index (κ3) is 11.7. The fourth-order valence-electron chi connectivity index (χ4n) is 11.7. The molecule has 0 radical (unpaired) electrons. The van der Waals surface area contributed by atoms with Gasteiger partial charge in [0.05, 0.1) is 18.8 Å². The van der Waals surface area contributed by atoms with Crippen LogP contribution in [0.15, 0.2) is 72.0 Å². The van der Waals surface area contributed by atoms with Crippen molar-refractivity contribution < 1.29 is 38.0 Å². The quantitative estimate of drug-likeness (QED) is 0.0671. The minimum atomic E-state index is -1.09. The highest BCUT2D eigenvalue weighted by Crippen LogP contribution is 2.65. The normalized spacial score (nSPS) is 28.4. The van der Waals surface area contributed by atoms with Crippen LogP contribution in [-0.2, 0) is 39.6 Å². The van der Waals surface area contributed by atoms with Crippen LogP contribution in [0.5, 0.6) is 0 Å². The summed E-state index contributed by atoms with van der Waals surface area (Å²) in [6.07, 6.45) is 13.9. The molecule has 10 unspecified atom stereocenters. The van der Waals surface area contributed by atoms with Crippen LogP contribution in [0.25, 0.3) is 11.1 Å². The first-order chi connectivity index (χ1) is 33.5. The van der Waals surface area contributed by atoms with Crippen LogP contribution in [0.2, 0.25) is 0 Å². The van der Waals surface area contributed by atoms with E-state index in [1.807, 2.05) is 24.3 Å². The number of likely N-dealkylation sites (N-methyl/N-ethyl adjacent to an activating group) is 1. The third-order valence-electron chi connectivity index (χ3n) is 16.2. The van der Waals surface area contributed by atoms with Crippen molar-refractivity contribution >= 4 is 36.7 Å². The smallest absolute Gasteiger partial charge is 0.497 e. The summed E-state index contributed by atoms with van der Waals surface area (Å²) >= 11 is 0. The number of rotatable bonds is 16. The van der Waals surface area contributed by atoms with E-state index in [0.29, 0.717) is 74.6 Å². The number of amides is 5. The maximum atomic E-state index is 14.8. The van der Waals surface area contributed by atoms with Gasteiger partial charge in [-0.1, -0.05) is 82.5 Å². The maximum absolute atomic E-state index is 14.8. The number of hydrogen-bond donors (Lipinski definition) is 6. The second-order valence-corrected chi connectivity index (χ2v) is 21.2. The summed E-state index contributed by atoms with van der Waals surface area (Å²) in [7, 11) is 2.34. The molecule has 15 nitrogen and oxygen atoms in total. The molecule has 2 heterocycles. The van der Waals surface area contributed by atoms with Gasteiger partial charge in [-0.15, -0.1) is 0 Å². The van der Waals surface area contributed by atoms with Crippen LogP contribution in [0.1, 0.15) is 134 Å². The molecule has 4 bridgehead atoms. The van der Waals surface area contributed by atoms with Crippen molar-refractivity contribution in [3.63, 3.8) is 0 Å². The molecule has 8 rings (SSSR count). The first-order valence-corrected chi connectivity index (χ1v) is 25.9. The van der Waals surface area contributed by atoms with Crippen molar-refractivity contribution in [2.75, 3.05) is 20.7 Å². The van der Waals surface area contributed by atoms with Crippen molar-refractivity contribution in [3.8, 4) is 11.1 Å². The zero-order chi connectivity index (χ0) is 50.3.